The number of carbonyl (C=O) groups excluding carboxylic acids is 1. The largest absolute Gasteiger partial charge is 0.383 e. The summed E-state index contributed by atoms with van der Waals surface area (Å²) >= 11 is 6.32. The van der Waals surface area contributed by atoms with Gasteiger partial charge in [-0.2, -0.15) is 0 Å². The van der Waals surface area contributed by atoms with Gasteiger partial charge in [-0.15, -0.1) is 0 Å². The number of hydrogen-bond acceptors (Lipinski definition) is 2. The van der Waals surface area contributed by atoms with Gasteiger partial charge in [-0.25, -0.2) is 4.79 Å². The predicted octanol–water partition coefficient (Wildman–Crippen LogP) is 5.18. The van der Waals surface area contributed by atoms with Crippen LogP contribution in [0, 0.1) is 6.92 Å². The molecule has 5 nitrogen and oxygen atoms in total. The van der Waals surface area contributed by atoms with Crippen molar-refractivity contribution in [2.24, 2.45) is 0 Å². The zero-order valence-electron chi connectivity index (χ0n) is 16.8. The van der Waals surface area contributed by atoms with E-state index >= 15 is 0 Å². The van der Waals surface area contributed by atoms with E-state index in [0.717, 1.165) is 27.5 Å². The van der Waals surface area contributed by atoms with Crippen LogP contribution in [-0.2, 0) is 17.8 Å². The third-order valence-corrected chi connectivity index (χ3v) is 5.10. The lowest BCUT2D eigenvalue weighted by Gasteiger charge is -2.24. The molecule has 1 heterocycles. The topological polar surface area (TPSA) is 46.5 Å². The molecule has 1 aromatic heterocycles. The van der Waals surface area contributed by atoms with E-state index in [1.807, 2.05) is 73.8 Å². The van der Waals surface area contributed by atoms with Gasteiger partial charge in [0.2, 0.25) is 0 Å². The first-order valence-corrected chi connectivity index (χ1v) is 9.93. The van der Waals surface area contributed by atoms with Gasteiger partial charge >= 0.3 is 6.03 Å². The molecule has 0 radical (unpaired) electrons. The first-order valence-electron chi connectivity index (χ1n) is 9.56. The van der Waals surface area contributed by atoms with Gasteiger partial charge < -0.3 is 19.5 Å². The van der Waals surface area contributed by atoms with E-state index in [2.05, 4.69) is 9.88 Å². The Hall–Kier alpha value is -2.76. The minimum Gasteiger partial charge on any atom is -0.383 e. The molecule has 0 aliphatic heterocycles. The molecule has 152 valence electrons. The number of rotatable bonds is 8. The third-order valence-electron chi connectivity index (χ3n) is 4.73. The zero-order chi connectivity index (χ0) is 20.6. The molecule has 3 rings (SSSR count). The normalized spacial score (nSPS) is 10.7. The molecule has 0 aliphatic rings. The Kier molecular flexibility index (Phi) is 7.33. The Morgan fingerprint density at radius 1 is 1.10 bits per heavy atom. The number of aryl methyl sites for hydroxylation is 1. The molecule has 2 amide bonds. The minimum absolute atomic E-state index is 0.156. The molecule has 0 spiro atoms. The second kappa shape index (κ2) is 10.1. The van der Waals surface area contributed by atoms with Gasteiger partial charge in [-0.3, -0.25) is 0 Å². The summed E-state index contributed by atoms with van der Waals surface area (Å²) in [5, 5.41) is 3.71. The quantitative estimate of drug-likeness (QED) is 0.555. The van der Waals surface area contributed by atoms with Crippen molar-refractivity contribution in [3.05, 3.63) is 88.7 Å². The average Bonchev–Trinajstić information content (AvgIpc) is 3.15. The smallest absolute Gasteiger partial charge is 0.322 e. The number of halogens is 1. The summed E-state index contributed by atoms with van der Waals surface area (Å²) in [5.41, 5.74) is 3.99. The van der Waals surface area contributed by atoms with Crippen molar-refractivity contribution in [1.82, 2.24) is 9.47 Å². The number of nitrogens with zero attached hydrogens (tertiary/aromatic N) is 2. The lowest BCUT2D eigenvalue weighted by Crippen LogP contribution is -2.37. The van der Waals surface area contributed by atoms with E-state index in [-0.39, 0.29) is 6.03 Å². The van der Waals surface area contributed by atoms with E-state index in [4.69, 9.17) is 16.3 Å². The number of hydrogen-bond donors (Lipinski definition) is 1. The molecule has 0 saturated heterocycles. The van der Waals surface area contributed by atoms with Crippen molar-refractivity contribution in [3.8, 4) is 0 Å². The van der Waals surface area contributed by atoms with Crippen molar-refractivity contribution in [1.29, 1.82) is 0 Å². The Bertz CT molecular complexity index is 937. The standard InChI is InChI=1S/C23H26ClN3O2/c1-18-9-11-20(12-10-18)25-23(28)27(14-15-29-2)17-21-7-5-13-26(21)16-19-6-3-4-8-22(19)24/h3-13H,14-17H2,1-2H3,(H,25,28). The fraction of sp³-hybridized carbons (Fsp3) is 0.261. The summed E-state index contributed by atoms with van der Waals surface area (Å²) in [4.78, 5) is 14.6. The van der Waals surface area contributed by atoms with Crippen molar-refractivity contribution < 1.29 is 9.53 Å². The zero-order valence-corrected chi connectivity index (χ0v) is 17.5. The molecule has 0 fully saturated rings. The molecule has 0 atom stereocenters. The minimum atomic E-state index is -0.156. The summed E-state index contributed by atoms with van der Waals surface area (Å²) in [5.74, 6) is 0. The Labute approximate surface area is 176 Å². The number of nitrogens with one attached hydrogen (secondary N) is 1. The third kappa shape index (κ3) is 5.86. The van der Waals surface area contributed by atoms with Crippen LogP contribution in [-0.4, -0.2) is 35.8 Å². The van der Waals surface area contributed by atoms with Gasteiger partial charge in [0.05, 0.1) is 13.2 Å². The highest BCUT2D eigenvalue weighted by Crippen LogP contribution is 2.18. The van der Waals surface area contributed by atoms with Crippen molar-refractivity contribution in [3.63, 3.8) is 0 Å². The second-order valence-electron chi connectivity index (χ2n) is 6.93. The van der Waals surface area contributed by atoms with E-state index in [9.17, 15) is 4.79 Å². The molecule has 0 bridgehead atoms. The number of benzene rings is 2. The Balaban J connectivity index is 1.73. The molecule has 0 unspecified atom stereocenters. The number of ether oxygens (including phenoxy) is 1. The SMILES string of the molecule is COCCN(Cc1cccn1Cc1ccccc1Cl)C(=O)Nc1ccc(C)cc1. The number of aromatic nitrogens is 1. The number of amides is 2. The lowest BCUT2D eigenvalue weighted by molar-refractivity contribution is 0.152. The van der Waals surface area contributed by atoms with Crippen LogP contribution in [0.4, 0.5) is 10.5 Å². The van der Waals surface area contributed by atoms with Gasteiger partial charge in [0.1, 0.15) is 0 Å². The maximum absolute atomic E-state index is 12.9. The fourth-order valence-electron chi connectivity index (χ4n) is 3.05. The van der Waals surface area contributed by atoms with Gasteiger partial charge in [0.15, 0.2) is 0 Å². The number of urea groups is 1. The molecule has 2 aromatic carbocycles. The van der Waals surface area contributed by atoms with Crippen molar-refractivity contribution in [2.45, 2.75) is 20.0 Å². The summed E-state index contributed by atoms with van der Waals surface area (Å²) in [6.07, 6.45) is 2.01. The average molecular weight is 412 g/mol. The first kappa shape index (κ1) is 21.0. The van der Waals surface area contributed by atoms with Gasteiger partial charge in [0.25, 0.3) is 0 Å². The van der Waals surface area contributed by atoms with Crippen LogP contribution in [0.15, 0.2) is 66.9 Å². The Morgan fingerprint density at radius 3 is 2.59 bits per heavy atom. The second-order valence-corrected chi connectivity index (χ2v) is 7.34. The molecule has 0 saturated carbocycles. The van der Waals surface area contributed by atoms with E-state index in [1.165, 1.54) is 0 Å². The highest BCUT2D eigenvalue weighted by molar-refractivity contribution is 6.31. The first-order chi connectivity index (χ1) is 14.1. The molecule has 1 N–H and O–H groups in total. The van der Waals surface area contributed by atoms with Gasteiger partial charge in [0, 0.05) is 42.8 Å². The van der Waals surface area contributed by atoms with Crippen LogP contribution in [0.5, 0.6) is 0 Å². The van der Waals surface area contributed by atoms with Crippen LogP contribution in [0.2, 0.25) is 5.02 Å². The van der Waals surface area contributed by atoms with Gasteiger partial charge in [-0.05, 0) is 42.8 Å². The van der Waals surface area contributed by atoms with E-state index in [0.29, 0.717) is 26.2 Å². The maximum atomic E-state index is 12.9. The van der Waals surface area contributed by atoms with Crippen LogP contribution < -0.4 is 5.32 Å². The van der Waals surface area contributed by atoms with E-state index < -0.39 is 0 Å². The Morgan fingerprint density at radius 2 is 1.86 bits per heavy atom. The summed E-state index contributed by atoms with van der Waals surface area (Å²) in [6.45, 7) is 4.10. The summed E-state index contributed by atoms with van der Waals surface area (Å²) in [6, 6.07) is 19.4. The maximum Gasteiger partial charge on any atom is 0.322 e. The molecule has 0 aliphatic carbocycles. The van der Waals surface area contributed by atoms with Crippen molar-refractivity contribution >= 4 is 23.3 Å². The number of methoxy groups -OCH3 is 1. The molecule has 29 heavy (non-hydrogen) atoms. The van der Waals surface area contributed by atoms with Crippen LogP contribution in [0.1, 0.15) is 16.8 Å². The van der Waals surface area contributed by atoms with E-state index in [1.54, 1.807) is 12.0 Å². The van der Waals surface area contributed by atoms with Crippen LogP contribution in [0.3, 0.4) is 0 Å². The van der Waals surface area contributed by atoms with Gasteiger partial charge in [-0.1, -0.05) is 47.5 Å². The van der Waals surface area contributed by atoms with Crippen molar-refractivity contribution in [2.75, 3.05) is 25.6 Å². The molecule has 6 heteroatoms. The molecule has 3 aromatic rings. The monoisotopic (exact) mass is 411 g/mol. The fourth-order valence-corrected chi connectivity index (χ4v) is 3.24. The summed E-state index contributed by atoms with van der Waals surface area (Å²) in [7, 11) is 1.64. The number of carbonyl (C=O) groups is 1. The highest BCUT2D eigenvalue weighted by Gasteiger charge is 2.16. The number of anilines is 1. The molecular weight excluding hydrogens is 386 g/mol. The lowest BCUT2D eigenvalue weighted by atomic mass is 10.2. The van der Waals surface area contributed by atoms with Crippen LogP contribution >= 0.6 is 11.6 Å². The van der Waals surface area contributed by atoms with Crippen LogP contribution in [0.25, 0.3) is 0 Å². The predicted molar refractivity (Wildman–Crippen MR) is 117 cm³/mol. The summed E-state index contributed by atoms with van der Waals surface area (Å²) < 4.78 is 7.31. The molecular formula is C23H26ClN3O2. The highest BCUT2D eigenvalue weighted by atomic mass is 35.5.